The number of aryl methyl sites for hydroxylation is 1. The van der Waals surface area contributed by atoms with Crippen molar-refractivity contribution in [3.05, 3.63) is 53.3 Å². The van der Waals surface area contributed by atoms with Gasteiger partial charge in [0.15, 0.2) is 0 Å². The zero-order valence-electron chi connectivity index (χ0n) is 14.4. The lowest BCUT2D eigenvalue weighted by Crippen LogP contribution is -2.36. The molecule has 1 aliphatic rings. The molecule has 0 fully saturated rings. The molecule has 0 spiro atoms. The Bertz CT molecular complexity index is 1070. The number of anilines is 2. The molecule has 9 heteroatoms. The third kappa shape index (κ3) is 3.54. The third-order valence-electron chi connectivity index (χ3n) is 4.21. The predicted octanol–water partition coefficient (Wildman–Crippen LogP) is 2.65. The van der Waals surface area contributed by atoms with Crippen LogP contribution in [0, 0.1) is 12.7 Å². The molecular weight excluding hydrogens is 379 g/mol. The van der Waals surface area contributed by atoms with E-state index in [1.165, 1.54) is 16.4 Å². The van der Waals surface area contributed by atoms with Gasteiger partial charge in [-0.3, -0.25) is 9.03 Å². The molecule has 0 aliphatic carbocycles. The Labute approximate surface area is 152 Å². The Hall–Kier alpha value is -2.13. The maximum Gasteiger partial charge on any atom is 0.264 e. The number of nitrogens with one attached hydrogen (secondary N) is 1. The second-order valence-corrected chi connectivity index (χ2v) is 9.85. The molecule has 1 heterocycles. The fraction of sp³-hybridized carbons (Fsp3) is 0.294. The van der Waals surface area contributed by atoms with Gasteiger partial charge in [-0.05, 0) is 55.7 Å². The van der Waals surface area contributed by atoms with Gasteiger partial charge in [-0.2, -0.15) is 0 Å². The highest BCUT2D eigenvalue weighted by molar-refractivity contribution is 7.93. The van der Waals surface area contributed by atoms with Crippen molar-refractivity contribution < 1.29 is 21.2 Å². The predicted molar refractivity (Wildman–Crippen MR) is 98.9 cm³/mol. The van der Waals surface area contributed by atoms with E-state index in [0.29, 0.717) is 35.3 Å². The highest BCUT2D eigenvalue weighted by Gasteiger charge is 2.31. The smallest absolute Gasteiger partial charge is 0.264 e. The van der Waals surface area contributed by atoms with Crippen molar-refractivity contribution in [1.29, 1.82) is 0 Å². The summed E-state index contributed by atoms with van der Waals surface area (Å²) in [5, 5.41) is 0. The molecule has 0 bridgehead atoms. The van der Waals surface area contributed by atoms with Gasteiger partial charge >= 0.3 is 0 Å². The summed E-state index contributed by atoms with van der Waals surface area (Å²) in [6.45, 7) is 1.82. The standard InChI is InChI=1S/C17H19FN2O4S2/c1-12-11-13(18)8-9-17(12)26(23,24)20-10-4-5-14-15(19-25(2,21)22)6-3-7-16(14)20/h3,6-9,11,19H,4-5,10H2,1-2H3. The zero-order chi connectivity index (χ0) is 19.1. The molecule has 1 aliphatic heterocycles. The average molecular weight is 398 g/mol. The topological polar surface area (TPSA) is 83.6 Å². The van der Waals surface area contributed by atoms with Crippen LogP contribution in [0.3, 0.4) is 0 Å². The van der Waals surface area contributed by atoms with Crippen LogP contribution in [0.2, 0.25) is 0 Å². The maximum absolute atomic E-state index is 13.4. The number of fused-ring (bicyclic) bond motifs is 1. The first-order valence-corrected chi connectivity index (χ1v) is 11.3. The van der Waals surface area contributed by atoms with Crippen molar-refractivity contribution >= 4 is 31.4 Å². The van der Waals surface area contributed by atoms with Crippen molar-refractivity contribution in [3.8, 4) is 0 Å². The summed E-state index contributed by atoms with van der Waals surface area (Å²) in [6, 6.07) is 8.42. The van der Waals surface area contributed by atoms with Gasteiger partial charge in [0.05, 0.1) is 22.5 Å². The molecule has 3 rings (SSSR count). The van der Waals surface area contributed by atoms with Crippen molar-refractivity contribution in [2.75, 3.05) is 21.8 Å². The number of benzene rings is 2. The molecule has 140 valence electrons. The number of rotatable bonds is 4. The van der Waals surface area contributed by atoms with Gasteiger partial charge in [0.2, 0.25) is 10.0 Å². The molecule has 2 aromatic carbocycles. The number of hydrogen-bond acceptors (Lipinski definition) is 4. The molecule has 0 atom stereocenters. The largest absolute Gasteiger partial charge is 0.283 e. The lowest BCUT2D eigenvalue weighted by molar-refractivity contribution is 0.584. The molecule has 0 saturated carbocycles. The van der Waals surface area contributed by atoms with E-state index < -0.39 is 25.9 Å². The Morgan fingerprint density at radius 3 is 2.50 bits per heavy atom. The molecule has 6 nitrogen and oxygen atoms in total. The minimum atomic E-state index is -3.89. The summed E-state index contributed by atoms with van der Waals surface area (Å²) < 4.78 is 66.5. The second-order valence-electron chi connectivity index (χ2n) is 6.27. The summed E-state index contributed by atoms with van der Waals surface area (Å²) in [5.74, 6) is -0.500. The molecule has 2 aromatic rings. The van der Waals surface area contributed by atoms with Crippen LogP contribution in [0.4, 0.5) is 15.8 Å². The van der Waals surface area contributed by atoms with Gasteiger partial charge in [-0.1, -0.05) is 6.07 Å². The lowest BCUT2D eigenvalue weighted by atomic mass is 10.0. The van der Waals surface area contributed by atoms with E-state index in [2.05, 4.69) is 4.72 Å². The van der Waals surface area contributed by atoms with Crippen molar-refractivity contribution in [2.45, 2.75) is 24.7 Å². The lowest BCUT2D eigenvalue weighted by Gasteiger charge is -2.32. The number of halogens is 1. The second kappa shape index (κ2) is 6.55. The SMILES string of the molecule is Cc1cc(F)ccc1S(=O)(=O)N1CCCc2c(NS(C)(=O)=O)cccc21. The zero-order valence-corrected chi connectivity index (χ0v) is 16.0. The van der Waals surface area contributed by atoms with Crippen LogP contribution in [0.5, 0.6) is 0 Å². The van der Waals surface area contributed by atoms with Gasteiger partial charge in [0.1, 0.15) is 5.82 Å². The highest BCUT2D eigenvalue weighted by atomic mass is 32.2. The molecule has 0 saturated heterocycles. The molecule has 26 heavy (non-hydrogen) atoms. The number of hydrogen-bond donors (Lipinski definition) is 1. The van der Waals surface area contributed by atoms with Crippen LogP contribution in [0.25, 0.3) is 0 Å². The van der Waals surface area contributed by atoms with E-state index >= 15 is 0 Å². The highest BCUT2D eigenvalue weighted by Crippen LogP contribution is 2.37. The van der Waals surface area contributed by atoms with Crippen LogP contribution >= 0.6 is 0 Å². The first-order chi connectivity index (χ1) is 12.1. The summed E-state index contributed by atoms with van der Waals surface area (Å²) in [6.07, 6.45) is 2.16. The number of sulfonamides is 2. The first-order valence-electron chi connectivity index (χ1n) is 7.98. The van der Waals surface area contributed by atoms with Crippen LogP contribution in [-0.2, 0) is 26.5 Å². The summed E-state index contributed by atoms with van der Waals surface area (Å²) >= 11 is 0. The minimum Gasteiger partial charge on any atom is -0.283 e. The Kier molecular flexibility index (Phi) is 4.70. The number of nitrogens with zero attached hydrogens (tertiary/aromatic N) is 1. The summed E-state index contributed by atoms with van der Waals surface area (Å²) in [5.41, 5.74) is 1.77. The molecule has 0 aromatic heterocycles. The van der Waals surface area contributed by atoms with Gasteiger partial charge in [0, 0.05) is 12.1 Å². The van der Waals surface area contributed by atoms with Crippen molar-refractivity contribution in [2.24, 2.45) is 0 Å². The summed E-state index contributed by atoms with van der Waals surface area (Å²) in [7, 11) is -7.38. The summed E-state index contributed by atoms with van der Waals surface area (Å²) in [4.78, 5) is 0.0354. The molecule has 0 radical (unpaired) electrons. The van der Waals surface area contributed by atoms with Gasteiger partial charge < -0.3 is 0 Å². The van der Waals surface area contributed by atoms with E-state index in [0.717, 1.165) is 12.3 Å². The minimum absolute atomic E-state index is 0.0354. The van der Waals surface area contributed by atoms with Gasteiger partial charge in [-0.25, -0.2) is 21.2 Å². The van der Waals surface area contributed by atoms with E-state index in [4.69, 9.17) is 0 Å². The van der Waals surface area contributed by atoms with Gasteiger partial charge in [0.25, 0.3) is 10.0 Å². The van der Waals surface area contributed by atoms with E-state index in [-0.39, 0.29) is 11.4 Å². The molecule has 0 unspecified atom stereocenters. The fourth-order valence-electron chi connectivity index (χ4n) is 3.16. The fourth-order valence-corrected chi connectivity index (χ4v) is 5.49. The van der Waals surface area contributed by atoms with Crippen molar-refractivity contribution in [3.63, 3.8) is 0 Å². The maximum atomic E-state index is 13.4. The average Bonchev–Trinajstić information content (AvgIpc) is 2.52. The molecule has 1 N–H and O–H groups in total. The van der Waals surface area contributed by atoms with E-state index in [1.807, 2.05) is 0 Å². The Morgan fingerprint density at radius 2 is 1.85 bits per heavy atom. The third-order valence-corrected chi connectivity index (χ3v) is 6.77. The molecule has 0 amide bonds. The molecular formula is C17H19FN2O4S2. The monoisotopic (exact) mass is 398 g/mol. The van der Waals surface area contributed by atoms with Crippen molar-refractivity contribution in [1.82, 2.24) is 0 Å². The van der Waals surface area contributed by atoms with Gasteiger partial charge in [-0.15, -0.1) is 0 Å². The van der Waals surface area contributed by atoms with Crippen LogP contribution < -0.4 is 9.03 Å². The van der Waals surface area contributed by atoms with E-state index in [9.17, 15) is 21.2 Å². The normalized spacial score (nSPS) is 14.8. The Balaban J connectivity index is 2.11. The van der Waals surface area contributed by atoms with Crippen LogP contribution in [-0.4, -0.2) is 29.6 Å². The first kappa shape index (κ1) is 18.7. The van der Waals surface area contributed by atoms with E-state index in [1.54, 1.807) is 25.1 Å². The van der Waals surface area contributed by atoms with Crippen LogP contribution in [0.15, 0.2) is 41.3 Å². The Morgan fingerprint density at radius 1 is 1.12 bits per heavy atom. The van der Waals surface area contributed by atoms with Crippen LogP contribution in [0.1, 0.15) is 17.5 Å². The quantitative estimate of drug-likeness (QED) is 0.858.